The van der Waals surface area contributed by atoms with Crippen molar-refractivity contribution in [3.8, 4) is 11.5 Å². The summed E-state index contributed by atoms with van der Waals surface area (Å²) in [5.74, 6) is -1.56. The van der Waals surface area contributed by atoms with Crippen LogP contribution in [-0.4, -0.2) is 28.2 Å². The van der Waals surface area contributed by atoms with Crippen LogP contribution in [0.1, 0.15) is 12.8 Å². The third kappa shape index (κ3) is 6.22. The average molecular weight is 344 g/mol. The predicted molar refractivity (Wildman–Crippen MR) is 89.7 cm³/mol. The van der Waals surface area contributed by atoms with Crippen LogP contribution in [0.5, 0.6) is 11.5 Å². The van der Waals surface area contributed by atoms with Crippen LogP contribution in [-0.2, 0) is 9.59 Å². The number of carbonyl (C=O) groups is 3. The van der Waals surface area contributed by atoms with Crippen molar-refractivity contribution in [2.24, 2.45) is 0 Å². The van der Waals surface area contributed by atoms with Crippen LogP contribution in [0.2, 0.25) is 0 Å². The minimum absolute atomic E-state index is 0.0214. The van der Waals surface area contributed by atoms with Crippen molar-refractivity contribution in [2.75, 3.05) is 10.6 Å². The zero-order valence-corrected chi connectivity index (χ0v) is 13.1. The van der Waals surface area contributed by atoms with Gasteiger partial charge in [-0.3, -0.25) is 9.59 Å². The summed E-state index contributed by atoms with van der Waals surface area (Å²) in [6.07, 6.45) is -0.561. The van der Waals surface area contributed by atoms with E-state index in [-0.39, 0.29) is 24.3 Å². The number of benzene rings is 2. The minimum atomic E-state index is -1.09. The number of esters is 1. The molecule has 0 unspecified atom stereocenters. The van der Waals surface area contributed by atoms with E-state index in [2.05, 4.69) is 10.6 Å². The fraction of sp³-hybridized carbons (Fsp3) is 0.118. The number of anilines is 2. The number of nitrogens with one attached hydrogen (secondary N) is 2. The molecule has 2 aromatic rings. The first-order chi connectivity index (χ1) is 11.9. The Hall–Kier alpha value is -3.55. The monoisotopic (exact) mass is 344 g/mol. The van der Waals surface area contributed by atoms with E-state index in [1.165, 1.54) is 24.3 Å². The zero-order chi connectivity index (χ0) is 18.2. The topological polar surface area (TPSA) is 125 Å². The largest absolute Gasteiger partial charge is 0.508 e. The Morgan fingerprint density at radius 3 is 2.20 bits per heavy atom. The Balaban J connectivity index is 1.93. The molecular weight excluding hydrogens is 328 g/mol. The van der Waals surface area contributed by atoms with E-state index in [9.17, 15) is 19.5 Å². The molecule has 0 atom stereocenters. The predicted octanol–water partition coefficient (Wildman–Crippen LogP) is 2.81. The van der Waals surface area contributed by atoms with Gasteiger partial charge in [0.1, 0.15) is 11.5 Å². The highest BCUT2D eigenvalue weighted by Gasteiger charge is 2.09. The first-order valence-corrected chi connectivity index (χ1v) is 7.32. The van der Waals surface area contributed by atoms with Crippen LogP contribution < -0.4 is 15.4 Å². The van der Waals surface area contributed by atoms with Gasteiger partial charge in [0, 0.05) is 23.5 Å². The number of carboxylic acids is 1. The van der Waals surface area contributed by atoms with Crippen LogP contribution >= 0.6 is 0 Å². The van der Waals surface area contributed by atoms with Crippen molar-refractivity contribution >= 4 is 29.3 Å². The Morgan fingerprint density at radius 1 is 0.920 bits per heavy atom. The van der Waals surface area contributed by atoms with Gasteiger partial charge in [-0.05, 0) is 24.3 Å². The third-order valence-corrected chi connectivity index (χ3v) is 2.97. The fourth-order valence-corrected chi connectivity index (χ4v) is 1.91. The van der Waals surface area contributed by atoms with Crippen LogP contribution in [0.3, 0.4) is 0 Å². The highest BCUT2D eigenvalue weighted by molar-refractivity contribution is 6.00. The lowest BCUT2D eigenvalue weighted by Crippen LogP contribution is -2.19. The van der Waals surface area contributed by atoms with E-state index >= 15 is 0 Å². The number of amides is 2. The number of aromatic hydroxyl groups is 1. The van der Waals surface area contributed by atoms with Crippen molar-refractivity contribution < 1.29 is 29.3 Å². The summed E-state index contributed by atoms with van der Waals surface area (Å²) < 4.78 is 5.01. The molecule has 4 N–H and O–H groups in total. The number of phenols is 1. The van der Waals surface area contributed by atoms with Crippen molar-refractivity contribution in [3.63, 3.8) is 0 Å². The standard InChI is InChI=1S/C17H16N2O6/c20-13-5-1-3-11(9-13)18-17(24)19-12-4-2-6-14(10-12)25-16(23)8-7-15(21)22/h1-6,9-10,20H,7-8H2,(H,21,22)(H2,18,19,24). The van der Waals surface area contributed by atoms with E-state index in [1.54, 1.807) is 24.3 Å². The molecule has 8 nitrogen and oxygen atoms in total. The number of carbonyl (C=O) groups excluding carboxylic acids is 2. The summed E-state index contributed by atoms with van der Waals surface area (Å²) in [6, 6.07) is 11.6. The first kappa shape index (κ1) is 17.8. The van der Waals surface area contributed by atoms with Crippen molar-refractivity contribution in [3.05, 3.63) is 48.5 Å². The lowest BCUT2D eigenvalue weighted by Gasteiger charge is -2.09. The molecule has 2 amide bonds. The van der Waals surface area contributed by atoms with Crippen molar-refractivity contribution in [1.29, 1.82) is 0 Å². The van der Waals surface area contributed by atoms with Gasteiger partial charge in [0.15, 0.2) is 0 Å². The molecule has 0 radical (unpaired) electrons. The molecule has 0 saturated heterocycles. The Kier molecular flexibility index (Phi) is 5.94. The van der Waals surface area contributed by atoms with Gasteiger partial charge in [0.05, 0.1) is 12.8 Å². The number of ether oxygens (including phenoxy) is 1. The molecule has 0 aromatic heterocycles. The van der Waals surface area contributed by atoms with Gasteiger partial charge >= 0.3 is 18.0 Å². The number of carboxylic acid groups (broad SMARTS) is 1. The lowest BCUT2D eigenvalue weighted by atomic mass is 10.3. The molecule has 0 heterocycles. The van der Waals surface area contributed by atoms with E-state index in [0.717, 1.165) is 0 Å². The molecule has 0 aliphatic heterocycles. The maximum Gasteiger partial charge on any atom is 0.323 e. The number of hydrogen-bond donors (Lipinski definition) is 4. The molecule has 0 fully saturated rings. The molecule has 0 aliphatic rings. The van der Waals surface area contributed by atoms with Gasteiger partial charge in [0.25, 0.3) is 0 Å². The van der Waals surface area contributed by atoms with Crippen molar-refractivity contribution in [2.45, 2.75) is 12.8 Å². The average Bonchev–Trinajstić information content (AvgIpc) is 2.53. The summed E-state index contributed by atoms with van der Waals surface area (Å²) in [5, 5.41) is 23.0. The third-order valence-electron chi connectivity index (χ3n) is 2.97. The summed E-state index contributed by atoms with van der Waals surface area (Å²) in [6.45, 7) is 0. The second kappa shape index (κ2) is 8.34. The van der Waals surface area contributed by atoms with E-state index in [4.69, 9.17) is 9.84 Å². The van der Waals surface area contributed by atoms with Crippen LogP contribution in [0.15, 0.2) is 48.5 Å². The maximum atomic E-state index is 11.9. The summed E-state index contributed by atoms with van der Waals surface area (Å²) in [7, 11) is 0. The number of aliphatic carboxylic acids is 1. The molecule has 25 heavy (non-hydrogen) atoms. The minimum Gasteiger partial charge on any atom is -0.508 e. The molecule has 0 bridgehead atoms. The first-order valence-electron chi connectivity index (χ1n) is 7.32. The molecular formula is C17H16N2O6. The van der Waals surface area contributed by atoms with Crippen LogP contribution in [0.4, 0.5) is 16.2 Å². The van der Waals surface area contributed by atoms with Gasteiger partial charge in [0.2, 0.25) is 0 Å². The summed E-state index contributed by atoms with van der Waals surface area (Å²) >= 11 is 0. The number of phenolic OH excluding ortho intramolecular Hbond substituents is 1. The van der Waals surface area contributed by atoms with Gasteiger partial charge in [-0.15, -0.1) is 0 Å². The van der Waals surface area contributed by atoms with Crippen LogP contribution in [0, 0.1) is 0 Å². The molecule has 130 valence electrons. The molecule has 2 rings (SSSR count). The SMILES string of the molecule is O=C(O)CCC(=O)Oc1cccc(NC(=O)Nc2cccc(O)c2)c1. The normalized spacial score (nSPS) is 9.92. The molecule has 2 aromatic carbocycles. The summed E-state index contributed by atoms with van der Waals surface area (Å²) in [4.78, 5) is 33.9. The zero-order valence-electron chi connectivity index (χ0n) is 13.1. The van der Waals surface area contributed by atoms with E-state index in [1.807, 2.05) is 0 Å². The fourth-order valence-electron chi connectivity index (χ4n) is 1.91. The maximum absolute atomic E-state index is 11.9. The van der Waals surface area contributed by atoms with Crippen LogP contribution in [0.25, 0.3) is 0 Å². The number of hydrogen-bond acceptors (Lipinski definition) is 5. The smallest absolute Gasteiger partial charge is 0.323 e. The number of urea groups is 1. The molecule has 0 spiro atoms. The Bertz CT molecular complexity index is 790. The second-order valence-electron chi connectivity index (χ2n) is 5.03. The van der Waals surface area contributed by atoms with Crippen molar-refractivity contribution in [1.82, 2.24) is 0 Å². The highest BCUT2D eigenvalue weighted by atomic mass is 16.5. The molecule has 8 heteroatoms. The van der Waals surface area contributed by atoms with Gasteiger partial charge in [-0.2, -0.15) is 0 Å². The summed E-state index contributed by atoms with van der Waals surface area (Å²) in [5.41, 5.74) is 0.787. The second-order valence-corrected chi connectivity index (χ2v) is 5.03. The Morgan fingerprint density at radius 2 is 1.56 bits per heavy atom. The molecule has 0 aliphatic carbocycles. The highest BCUT2D eigenvalue weighted by Crippen LogP contribution is 2.19. The Labute approximate surface area is 143 Å². The lowest BCUT2D eigenvalue weighted by molar-refractivity contribution is -0.142. The number of rotatable bonds is 6. The van der Waals surface area contributed by atoms with Gasteiger partial charge in [-0.25, -0.2) is 4.79 Å². The van der Waals surface area contributed by atoms with Gasteiger partial charge < -0.3 is 25.6 Å². The van der Waals surface area contributed by atoms with E-state index < -0.39 is 18.0 Å². The quantitative estimate of drug-likeness (QED) is 0.472. The van der Waals surface area contributed by atoms with Gasteiger partial charge in [-0.1, -0.05) is 12.1 Å². The molecule has 0 saturated carbocycles. The van der Waals surface area contributed by atoms with E-state index in [0.29, 0.717) is 11.4 Å².